The fourth-order valence-corrected chi connectivity index (χ4v) is 1.47. The lowest BCUT2D eigenvalue weighted by atomic mass is 10.3. The summed E-state index contributed by atoms with van der Waals surface area (Å²) in [4.78, 5) is 10.5. The van der Waals surface area contributed by atoms with Gasteiger partial charge in [0.05, 0.1) is 0 Å². The molecule has 0 radical (unpaired) electrons. The second-order valence-corrected chi connectivity index (χ2v) is 6.89. The Labute approximate surface area is 109 Å². The molecule has 0 unspecified atom stereocenters. The molecule has 0 atom stereocenters. The number of halogens is 7. The van der Waals surface area contributed by atoms with Crippen molar-refractivity contribution in [2.75, 3.05) is 0 Å². The van der Waals surface area contributed by atoms with Crippen molar-refractivity contribution in [1.29, 1.82) is 0 Å². The topological polar surface area (TPSA) is 37.3 Å². The summed E-state index contributed by atoms with van der Waals surface area (Å²) >= 11 is 37.3. The zero-order valence-electron chi connectivity index (χ0n) is 5.50. The van der Waals surface area contributed by atoms with Gasteiger partial charge in [-0.15, -0.1) is 0 Å². The molecule has 0 saturated carbocycles. The number of aliphatic carboxylic acids is 1. The quantitative estimate of drug-likeness (QED) is 0.783. The van der Waals surface area contributed by atoms with Gasteiger partial charge in [-0.2, -0.15) is 0 Å². The molecule has 0 amide bonds. The first-order chi connectivity index (χ1) is 5.44. The van der Waals surface area contributed by atoms with Crippen molar-refractivity contribution in [2.45, 2.75) is 12.5 Å². The van der Waals surface area contributed by atoms with E-state index in [1.54, 1.807) is 0 Å². The Morgan fingerprint density at radius 2 is 1.23 bits per heavy atom. The molecular weight excluding hydrogens is 328 g/mol. The molecule has 0 rings (SSSR count). The number of alkyl halides is 7. The molecule has 0 aliphatic rings. The highest BCUT2D eigenvalue weighted by molar-refractivity contribution is 6.80. The maximum Gasteiger partial charge on any atom is 0.343 e. The molecule has 0 aliphatic carbocycles. The standard InChI is InChI=1S/C4HCl7O2/c5-2(6,1(12)13)3(7,8)4(9,10)11/h(H,12,13). The second-order valence-electron chi connectivity index (χ2n) is 1.95. The number of carboxylic acid groups (broad SMARTS) is 1. The summed E-state index contributed by atoms with van der Waals surface area (Å²) in [5.41, 5.74) is 0. The second kappa shape index (κ2) is 4.17. The Morgan fingerprint density at radius 3 is 1.31 bits per heavy atom. The van der Waals surface area contributed by atoms with Gasteiger partial charge in [0.25, 0.3) is 4.33 Å². The summed E-state index contributed by atoms with van der Waals surface area (Å²) in [7, 11) is 0. The van der Waals surface area contributed by atoms with E-state index in [-0.39, 0.29) is 0 Å². The Kier molecular flexibility index (Phi) is 4.65. The van der Waals surface area contributed by atoms with E-state index in [1.807, 2.05) is 0 Å². The average molecular weight is 329 g/mol. The van der Waals surface area contributed by atoms with Crippen LogP contribution in [-0.4, -0.2) is 23.5 Å². The van der Waals surface area contributed by atoms with E-state index in [9.17, 15) is 4.79 Å². The van der Waals surface area contributed by atoms with Gasteiger partial charge >= 0.3 is 5.97 Å². The first-order valence-corrected chi connectivity index (χ1v) is 5.15. The van der Waals surface area contributed by atoms with Crippen LogP contribution < -0.4 is 0 Å². The van der Waals surface area contributed by atoms with E-state index in [1.165, 1.54) is 0 Å². The van der Waals surface area contributed by atoms with Gasteiger partial charge in [-0.25, -0.2) is 4.79 Å². The molecule has 2 nitrogen and oxygen atoms in total. The molecule has 1 N–H and O–H groups in total. The van der Waals surface area contributed by atoms with Crippen LogP contribution in [-0.2, 0) is 4.79 Å². The van der Waals surface area contributed by atoms with E-state index in [2.05, 4.69) is 0 Å². The van der Waals surface area contributed by atoms with Crippen LogP contribution in [0.25, 0.3) is 0 Å². The maximum atomic E-state index is 10.5. The SMILES string of the molecule is O=C(O)C(Cl)(Cl)C(Cl)(Cl)C(Cl)(Cl)Cl. The van der Waals surface area contributed by atoms with Gasteiger partial charge in [0.1, 0.15) is 0 Å². The first kappa shape index (κ1) is 14.5. The average Bonchev–Trinajstić information content (AvgIpc) is 1.84. The Hall–Kier alpha value is 1.50. The molecule has 0 aliphatic heterocycles. The van der Waals surface area contributed by atoms with Gasteiger partial charge < -0.3 is 5.11 Å². The van der Waals surface area contributed by atoms with Crippen LogP contribution in [0.2, 0.25) is 0 Å². The Morgan fingerprint density at radius 1 is 0.923 bits per heavy atom. The minimum absolute atomic E-state index is 1.72. The zero-order chi connectivity index (χ0) is 11.1. The fraction of sp³-hybridized carbons (Fsp3) is 0.750. The largest absolute Gasteiger partial charge is 0.479 e. The van der Waals surface area contributed by atoms with Crippen LogP contribution in [0.1, 0.15) is 0 Å². The third kappa shape index (κ3) is 2.75. The summed E-state index contributed by atoms with van der Waals surface area (Å²) in [6.45, 7) is 0. The molecule has 0 heterocycles. The normalized spacial score (nSPS) is 14.4. The molecule has 0 aromatic rings. The monoisotopic (exact) mass is 326 g/mol. The lowest BCUT2D eigenvalue weighted by molar-refractivity contribution is -0.138. The van der Waals surface area contributed by atoms with Crippen molar-refractivity contribution in [3.05, 3.63) is 0 Å². The summed E-state index contributed by atoms with van der Waals surface area (Å²) in [6.07, 6.45) is 0. The van der Waals surface area contributed by atoms with Gasteiger partial charge in [0.15, 0.2) is 0 Å². The highest BCUT2D eigenvalue weighted by Crippen LogP contribution is 2.56. The van der Waals surface area contributed by atoms with E-state index in [4.69, 9.17) is 86.3 Å². The number of carbonyl (C=O) groups is 1. The highest BCUT2D eigenvalue weighted by atomic mass is 35.6. The Bertz CT molecular complexity index is 217. The summed E-state index contributed by atoms with van der Waals surface area (Å²) in [6, 6.07) is 0. The number of hydrogen-bond donors (Lipinski definition) is 1. The number of hydrogen-bond acceptors (Lipinski definition) is 1. The molecule has 9 heteroatoms. The van der Waals surface area contributed by atoms with Crippen LogP contribution >= 0.6 is 81.2 Å². The first-order valence-electron chi connectivity index (χ1n) is 2.50. The maximum absolute atomic E-state index is 10.5. The van der Waals surface area contributed by atoms with Crippen molar-refractivity contribution in [3.63, 3.8) is 0 Å². The molecule has 0 bridgehead atoms. The smallest absolute Gasteiger partial charge is 0.343 e. The van der Waals surface area contributed by atoms with Crippen LogP contribution in [0, 0.1) is 0 Å². The molecule has 0 spiro atoms. The fourth-order valence-electron chi connectivity index (χ4n) is 0.312. The third-order valence-electron chi connectivity index (χ3n) is 1.02. The molecule has 0 aromatic carbocycles. The molecule has 13 heavy (non-hydrogen) atoms. The minimum atomic E-state index is -2.62. The van der Waals surface area contributed by atoms with Crippen molar-refractivity contribution in [1.82, 2.24) is 0 Å². The van der Waals surface area contributed by atoms with Gasteiger partial charge in [-0.1, -0.05) is 81.2 Å². The third-order valence-corrected chi connectivity index (χ3v) is 4.86. The van der Waals surface area contributed by atoms with Crippen molar-refractivity contribution < 1.29 is 9.90 Å². The van der Waals surface area contributed by atoms with Gasteiger partial charge in [0.2, 0.25) is 8.13 Å². The molecule has 0 aromatic heterocycles. The minimum Gasteiger partial charge on any atom is -0.479 e. The van der Waals surface area contributed by atoms with E-state index in [0.29, 0.717) is 0 Å². The lowest BCUT2D eigenvalue weighted by Crippen LogP contribution is -2.51. The van der Waals surface area contributed by atoms with Crippen molar-refractivity contribution >= 4 is 87.2 Å². The molecule has 0 fully saturated rings. The van der Waals surface area contributed by atoms with Crippen LogP contribution in [0.5, 0.6) is 0 Å². The van der Waals surface area contributed by atoms with Crippen LogP contribution in [0.3, 0.4) is 0 Å². The zero-order valence-corrected chi connectivity index (χ0v) is 10.8. The predicted octanol–water partition coefficient (Wildman–Crippen LogP) is 3.79. The van der Waals surface area contributed by atoms with Gasteiger partial charge in [-0.3, -0.25) is 0 Å². The number of carboxylic acids is 1. The van der Waals surface area contributed by atoms with Gasteiger partial charge in [-0.05, 0) is 0 Å². The van der Waals surface area contributed by atoms with Crippen LogP contribution in [0.4, 0.5) is 0 Å². The van der Waals surface area contributed by atoms with E-state index in [0.717, 1.165) is 0 Å². The highest BCUT2D eigenvalue weighted by Gasteiger charge is 2.64. The summed E-state index contributed by atoms with van der Waals surface area (Å²) in [5.74, 6) is -1.72. The predicted molar refractivity (Wildman–Crippen MR) is 56.8 cm³/mol. The van der Waals surface area contributed by atoms with Crippen molar-refractivity contribution in [2.24, 2.45) is 0 Å². The molecule has 0 saturated heterocycles. The summed E-state index contributed by atoms with van der Waals surface area (Å²) in [5, 5.41) is 8.53. The molecular formula is C4HCl7O2. The lowest BCUT2D eigenvalue weighted by Gasteiger charge is -2.34. The summed E-state index contributed by atoms with van der Waals surface area (Å²) < 4.78 is -7.43. The molecule has 78 valence electrons. The van der Waals surface area contributed by atoms with Gasteiger partial charge in [0, 0.05) is 0 Å². The van der Waals surface area contributed by atoms with E-state index < -0.39 is 18.4 Å². The number of rotatable bonds is 2. The van der Waals surface area contributed by atoms with Crippen LogP contribution in [0.15, 0.2) is 0 Å². The van der Waals surface area contributed by atoms with Crippen molar-refractivity contribution in [3.8, 4) is 0 Å². The Balaban J connectivity index is 5.16. The van der Waals surface area contributed by atoms with E-state index >= 15 is 0 Å².